The Morgan fingerprint density at radius 3 is 2.78 bits per heavy atom. The number of nitrogens with one attached hydrogen (secondary N) is 1. The molecule has 5 nitrogen and oxygen atoms in total. The van der Waals surface area contributed by atoms with Gasteiger partial charge in [-0.3, -0.25) is 10.1 Å². The van der Waals surface area contributed by atoms with Crippen molar-refractivity contribution < 1.29 is 4.79 Å². The molecule has 2 heterocycles. The van der Waals surface area contributed by atoms with Gasteiger partial charge in [0.1, 0.15) is 0 Å². The molecule has 0 bridgehead atoms. The van der Waals surface area contributed by atoms with Crippen LogP contribution in [0.2, 0.25) is 0 Å². The monoisotopic (exact) mass is 310 g/mol. The number of carbonyl (C=O) groups is 1. The fourth-order valence-electron chi connectivity index (χ4n) is 3.47. The lowest BCUT2D eigenvalue weighted by atomic mass is 10.0. The van der Waals surface area contributed by atoms with Crippen LogP contribution < -0.4 is 5.32 Å². The van der Waals surface area contributed by atoms with Gasteiger partial charge >= 0.3 is 0 Å². The van der Waals surface area contributed by atoms with Gasteiger partial charge in [0.05, 0.1) is 11.7 Å². The van der Waals surface area contributed by atoms with Gasteiger partial charge in [-0.05, 0) is 43.9 Å². The number of para-hydroxylation sites is 1. The number of amides is 1. The number of nitrogens with zero attached hydrogens (tertiary/aromatic N) is 3. The molecule has 2 atom stereocenters. The van der Waals surface area contributed by atoms with Gasteiger partial charge in [0.25, 0.3) is 0 Å². The molecule has 1 aromatic carbocycles. The molecule has 1 aliphatic heterocycles. The summed E-state index contributed by atoms with van der Waals surface area (Å²) in [5.41, 5.74) is 2.22. The van der Waals surface area contributed by atoms with Crippen LogP contribution in [0.25, 0.3) is 5.69 Å². The van der Waals surface area contributed by atoms with Gasteiger partial charge in [-0.2, -0.15) is 5.10 Å². The maximum atomic E-state index is 12.5. The van der Waals surface area contributed by atoms with Crippen molar-refractivity contribution in [1.82, 2.24) is 20.0 Å². The second-order valence-corrected chi connectivity index (χ2v) is 6.50. The van der Waals surface area contributed by atoms with E-state index in [0.717, 1.165) is 24.2 Å². The predicted octanol–water partition coefficient (Wildman–Crippen LogP) is 2.29. The van der Waals surface area contributed by atoms with Crippen LogP contribution in [0.5, 0.6) is 0 Å². The zero-order valence-corrected chi connectivity index (χ0v) is 13.4. The lowest BCUT2D eigenvalue weighted by molar-refractivity contribution is -0.130. The van der Waals surface area contributed by atoms with Crippen molar-refractivity contribution in [3.05, 3.63) is 48.3 Å². The van der Waals surface area contributed by atoms with Crippen LogP contribution in [0.4, 0.5) is 0 Å². The SMILES string of the molecule is CC(NC1CCN(C2CC2)C1=O)c1ccccc1-n1cccn1. The van der Waals surface area contributed by atoms with Crippen LogP contribution >= 0.6 is 0 Å². The summed E-state index contributed by atoms with van der Waals surface area (Å²) in [7, 11) is 0. The van der Waals surface area contributed by atoms with Crippen molar-refractivity contribution in [2.45, 2.75) is 44.3 Å². The van der Waals surface area contributed by atoms with E-state index >= 15 is 0 Å². The van der Waals surface area contributed by atoms with Crippen molar-refractivity contribution in [1.29, 1.82) is 0 Å². The van der Waals surface area contributed by atoms with Crippen LogP contribution in [0.1, 0.15) is 37.8 Å². The Kier molecular flexibility index (Phi) is 3.65. The lowest BCUT2D eigenvalue weighted by Crippen LogP contribution is -2.40. The number of carbonyl (C=O) groups excluding carboxylic acids is 1. The number of benzene rings is 1. The predicted molar refractivity (Wildman–Crippen MR) is 88.3 cm³/mol. The number of hydrogen-bond acceptors (Lipinski definition) is 3. The molecule has 1 saturated carbocycles. The van der Waals surface area contributed by atoms with Crippen LogP contribution in [0, 0.1) is 0 Å². The Labute approximate surface area is 136 Å². The van der Waals surface area contributed by atoms with Crippen LogP contribution in [-0.4, -0.2) is 39.2 Å². The first-order chi connectivity index (χ1) is 11.2. The van der Waals surface area contributed by atoms with E-state index in [1.165, 1.54) is 12.8 Å². The first-order valence-corrected chi connectivity index (χ1v) is 8.39. The summed E-state index contributed by atoms with van der Waals surface area (Å²) in [5.74, 6) is 0.274. The molecule has 1 N–H and O–H groups in total. The molecule has 0 spiro atoms. The zero-order valence-electron chi connectivity index (χ0n) is 13.4. The molecule has 0 radical (unpaired) electrons. The first kappa shape index (κ1) is 14.5. The molecule has 1 amide bonds. The van der Waals surface area contributed by atoms with Crippen LogP contribution in [0.3, 0.4) is 0 Å². The molecule has 1 aliphatic carbocycles. The summed E-state index contributed by atoms with van der Waals surface area (Å²) >= 11 is 0. The van der Waals surface area contributed by atoms with Gasteiger partial charge in [0.2, 0.25) is 5.91 Å². The average Bonchev–Trinajstić information content (AvgIpc) is 3.13. The summed E-state index contributed by atoms with van der Waals surface area (Å²) in [6.45, 7) is 3.02. The fourth-order valence-corrected chi connectivity index (χ4v) is 3.47. The molecular weight excluding hydrogens is 288 g/mol. The van der Waals surface area contributed by atoms with Gasteiger partial charge in [-0.15, -0.1) is 0 Å². The molecule has 5 heteroatoms. The molecule has 120 valence electrons. The molecule has 2 aromatic rings. The normalized spacial score (nSPS) is 22.6. The Hall–Kier alpha value is -2.14. The van der Waals surface area contributed by atoms with E-state index in [4.69, 9.17) is 0 Å². The number of rotatable bonds is 5. The summed E-state index contributed by atoms with van der Waals surface area (Å²) in [6.07, 6.45) is 6.99. The highest BCUT2D eigenvalue weighted by Gasteiger charge is 2.40. The Balaban J connectivity index is 1.51. The highest BCUT2D eigenvalue weighted by molar-refractivity contribution is 5.84. The molecular formula is C18H22N4O. The van der Waals surface area contributed by atoms with Gasteiger partial charge in [-0.1, -0.05) is 18.2 Å². The topological polar surface area (TPSA) is 50.2 Å². The average molecular weight is 310 g/mol. The van der Waals surface area contributed by atoms with E-state index < -0.39 is 0 Å². The molecule has 4 rings (SSSR count). The minimum atomic E-state index is -0.0590. The molecule has 2 unspecified atom stereocenters. The second-order valence-electron chi connectivity index (χ2n) is 6.50. The Bertz CT molecular complexity index is 693. The van der Waals surface area contributed by atoms with Gasteiger partial charge < -0.3 is 4.90 Å². The highest BCUT2D eigenvalue weighted by Crippen LogP contribution is 2.31. The number of hydrogen-bond donors (Lipinski definition) is 1. The summed E-state index contributed by atoms with van der Waals surface area (Å²) in [5, 5.41) is 7.86. The molecule has 1 aromatic heterocycles. The number of likely N-dealkylation sites (tertiary alicyclic amines) is 1. The maximum absolute atomic E-state index is 12.5. The van der Waals surface area contributed by atoms with Crippen LogP contribution in [-0.2, 0) is 4.79 Å². The Morgan fingerprint density at radius 1 is 1.22 bits per heavy atom. The van der Waals surface area contributed by atoms with Gasteiger partial charge in [0.15, 0.2) is 0 Å². The quantitative estimate of drug-likeness (QED) is 0.922. The number of aromatic nitrogens is 2. The van der Waals surface area contributed by atoms with Gasteiger partial charge in [0, 0.05) is 31.0 Å². The van der Waals surface area contributed by atoms with Crippen LogP contribution in [0.15, 0.2) is 42.7 Å². The van der Waals surface area contributed by atoms with E-state index in [9.17, 15) is 4.79 Å². The van der Waals surface area contributed by atoms with E-state index in [2.05, 4.69) is 34.4 Å². The third-order valence-corrected chi connectivity index (χ3v) is 4.83. The van der Waals surface area contributed by atoms with Crippen molar-refractivity contribution in [3.63, 3.8) is 0 Å². The minimum Gasteiger partial charge on any atom is -0.338 e. The molecule has 1 saturated heterocycles. The van der Waals surface area contributed by atoms with E-state index in [0.29, 0.717) is 6.04 Å². The highest BCUT2D eigenvalue weighted by atomic mass is 16.2. The van der Waals surface area contributed by atoms with E-state index in [-0.39, 0.29) is 18.0 Å². The molecule has 2 aliphatic rings. The summed E-state index contributed by atoms with van der Waals surface area (Å²) in [6, 6.07) is 10.7. The Morgan fingerprint density at radius 2 is 2.04 bits per heavy atom. The molecule has 2 fully saturated rings. The third kappa shape index (κ3) is 2.77. The smallest absolute Gasteiger partial charge is 0.240 e. The lowest BCUT2D eigenvalue weighted by Gasteiger charge is -2.22. The largest absolute Gasteiger partial charge is 0.338 e. The van der Waals surface area contributed by atoms with Crippen molar-refractivity contribution in [2.75, 3.05) is 6.54 Å². The zero-order chi connectivity index (χ0) is 15.8. The summed E-state index contributed by atoms with van der Waals surface area (Å²) in [4.78, 5) is 14.6. The standard InChI is InChI=1S/C18H22N4O/c1-13(20-16-9-12-21(18(16)23)14-7-8-14)15-5-2-3-6-17(15)22-11-4-10-19-22/h2-6,10-11,13-14,16,20H,7-9,12H2,1H3. The van der Waals surface area contributed by atoms with Gasteiger partial charge in [-0.25, -0.2) is 4.68 Å². The third-order valence-electron chi connectivity index (χ3n) is 4.83. The fraction of sp³-hybridized carbons (Fsp3) is 0.444. The first-order valence-electron chi connectivity index (χ1n) is 8.39. The maximum Gasteiger partial charge on any atom is 0.240 e. The van der Waals surface area contributed by atoms with Crippen molar-refractivity contribution >= 4 is 5.91 Å². The van der Waals surface area contributed by atoms with Crippen molar-refractivity contribution in [3.8, 4) is 5.69 Å². The second kappa shape index (κ2) is 5.81. The minimum absolute atomic E-state index is 0.0590. The van der Waals surface area contributed by atoms with E-state index in [1.807, 2.05) is 29.1 Å². The van der Waals surface area contributed by atoms with E-state index in [1.54, 1.807) is 6.20 Å². The van der Waals surface area contributed by atoms with Crippen molar-refractivity contribution in [2.24, 2.45) is 0 Å². The molecule has 23 heavy (non-hydrogen) atoms. The summed E-state index contributed by atoms with van der Waals surface area (Å²) < 4.78 is 1.88.